The molecular weight excluding hydrogens is 662 g/mol. The van der Waals surface area contributed by atoms with Crippen molar-refractivity contribution < 1.29 is 44.1 Å². The van der Waals surface area contributed by atoms with Crippen LogP contribution in [0, 0.1) is 0 Å². The first kappa shape index (κ1) is 40.4. The summed E-state index contributed by atoms with van der Waals surface area (Å²) < 4.78 is 0. The summed E-state index contributed by atoms with van der Waals surface area (Å²) in [5.41, 5.74) is 12.7. The number of amides is 5. The van der Waals surface area contributed by atoms with Gasteiger partial charge in [0.2, 0.25) is 29.5 Å². The molecule has 1 aliphatic rings. The maximum absolute atomic E-state index is 13.8. The molecule has 6 atom stereocenters. The van der Waals surface area contributed by atoms with Crippen molar-refractivity contribution in [1.29, 1.82) is 0 Å². The Morgan fingerprint density at radius 3 is 2.12 bits per heavy atom. The number of phenolic OH excluding ortho intramolecular Hbond substituents is 1. The van der Waals surface area contributed by atoms with Crippen molar-refractivity contribution in [1.82, 2.24) is 26.2 Å². The van der Waals surface area contributed by atoms with Gasteiger partial charge in [-0.3, -0.25) is 24.0 Å². The van der Waals surface area contributed by atoms with Gasteiger partial charge in [-0.15, -0.1) is 0 Å². The van der Waals surface area contributed by atoms with Gasteiger partial charge in [0.25, 0.3) is 0 Å². The fourth-order valence-electron chi connectivity index (χ4n) is 5.67. The molecule has 51 heavy (non-hydrogen) atoms. The molecule has 1 fully saturated rings. The van der Waals surface area contributed by atoms with Crippen LogP contribution in [0.15, 0.2) is 54.6 Å². The predicted molar refractivity (Wildman–Crippen MR) is 186 cm³/mol. The number of likely N-dealkylation sites (tertiary alicyclic amines) is 1. The van der Waals surface area contributed by atoms with Crippen LogP contribution in [0.3, 0.4) is 0 Å². The number of aromatic hydroxyl groups is 1. The molecule has 2 aromatic carbocycles. The average Bonchev–Trinajstić information content (AvgIpc) is 3.60. The van der Waals surface area contributed by atoms with Gasteiger partial charge >= 0.3 is 5.97 Å². The second-order valence-corrected chi connectivity index (χ2v) is 12.6. The van der Waals surface area contributed by atoms with E-state index in [1.54, 1.807) is 42.5 Å². The summed E-state index contributed by atoms with van der Waals surface area (Å²) in [6.07, 6.45) is 0.822. The summed E-state index contributed by atoms with van der Waals surface area (Å²) >= 11 is 0. The number of benzene rings is 2. The van der Waals surface area contributed by atoms with Crippen LogP contribution in [0.5, 0.6) is 5.75 Å². The number of aliphatic carboxylic acids is 1. The molecule has 16 nitrogen and oxygen atoms in total. The van der Waals surface area contributed by atoms with E-state index in [-0.39, 0.29) is 38.0 Å². The molecule has 11 N–H and O–H groups in total. The smallest absolute Gasteiger partial charge is 0.326 e. The van der Waals surface area contributed by atoms with Gasteiger partial charge in [-0.1, -0.05) is 42.5 Å². The van der Waals surface area contributed by atoms with E-state index < -0.39 is 78.4 Å². The number of hydrogen-bond acceptors (Lipinski definition) is 10. The summed E-state index contributed by atoms with van der Waals surface area (Å²) in [5, 5.41) is 39.4. The minimum absolute atomic E-state index is 0.00627. The largest absolute Gasteiger partial charge is 0.508 e. The fraction of sp³-hybridized carbons (Fsp3) is 0.486. The van der Waals surface area contributed by atoms with E-state index in [4.69, 9.17) is 11.5 Å². The number of carbonyl (C=O) groups excluding carboxylic acids is 5. The average molecular weight is 712 g/mol. The number of aliphatic hydroxyl groups excluding tert-OH is 1. The molecule has 0 aliphatic carbocycles. The summed E-state index contributed by atoms with van der Waals surface area (Å²) in [5.74, 6) is -4.58. The van der Waals surface area contributed by atoms with Gasteiger partial charge in [0.1, 0.15) is 36.0 Å². The molecule has 0 spiro atoms. The number of carbonyl (C=O) groups is 6. The first-order valence-electron chi connectivity index (χ1n) is 17.0. The number of nitrogens with one attached hydrogen (secondary N) is 4. The molecule has 0 aromatic heterocycles. The Bertz CT molecular complexity index is 1490. The monoisotopic (exact) mass is 711 g/mol. The van der Waals surface area contributed by atoms with Crippen LogP contribution in [-0.4, -0.2) is 112 Å². The Morgan fingerprint density at radius 2 is 1.49 bits per heavy atom. The SMILES string of the molecule is C[C@@H](O)[C@H](N)C(=O)N[C@@H](Cc1ccc(O)cc1)C(=O)N1CCC[C@H]1C(=O)NCC(=O)N[C@@H](CCCCN)C(=O)N[C@@H](Cc1ccccc1)C(=O)O. The molecule has 0 radical (unpaired) electrons. The molecular formula is C35H49N7O9. The molecule has 16 heteroatoms. The van der Waals surface area contributed by atoms with Crippen LogP contribution < -0.4 is 32.7 Å². The lowest BCUT2D eigenvalue weighted by Gasteiger charge is -2.29. The van der Waals surface area contributed by atoms with E-state index in [0.29, 0.717) is 36.9 Å². The summed E-state index contributed by atoms with van der Waals surface area (Å²) in [7, 11) is 0. The molecule has 0 unspecified atom stereocenters. The zero-order chi connectivity index (χ0) is 37.5. The molecule has 0 saturated carbocycles. The number of nitrogens with zero attached hydrogens (tertiary/aromatic N) is 1. The highest BCUT2D eigenvalue weighted by molar-refractivity contribution is 5.95. The maximum atomic E-state index is 13.8. The quantitative estimate of drug-likeness (QED) is 0.0770. The molecule has 1 aliphatic heterocycles. The highest BCUT2D eigenvalue weighted by Crippen LogP contribution is 2.20. The van der Waals surface area contributed by atoms with Crippen molar-refractivity contribution in [2.45, 2.75) is 88.2 Å². The summed E-state index contributed by atoms with van der Waals surface area (Å²) in [6.45, 7) is 1.37. The van der Waals surface area contributed by atoms with E-state index in [1.165, 1.54) is 24.0 Å². The van der Waals surface area contributed by atoms with Crippen LogP contribution in [0.4, 0.5) is 0 Å². The number of nitrogens with two attached hydrogens (primary N) is 2. The number of aliphatic hydroxyl groups is 1. The lowest BCUT2D eigenvalue weighted by atomic mass is 10.0. The topological polar surface area (TPSA) is 267 Å². The van der Waals surface area contributed by atoms with Crippen LogP contribution in [0.25, 0.3) is 0 Å². The predicted octanol–water partition coefficient (Wildman–Crippen LogP) is -1.34. The lowest BCUT2D eigenvalue weighted by molar-refractivity contribution is -0.142. The van der Waals surface area contributed by atoms with Gasteiger partial charge in [0.05, 0.1) is 12.6 Å². The molecule has 1 heterocycles. The van der Waals surface area contributed by atoms with E-state index in [2.05, 4.69) is 21.3 Å². The Hall–Kier alpha value is -5.06. The Kier molecular flexibility index (Phi) is 15.8. The van der Waals surface area contributed by atoms with Gasteiger partial charge in [-0.05, 0) is 68.8 Å². The van der Waals surface area contributed by atoms with E-state index in [1.807, 2.05) is 0 Å². The second kappa shape index (κ2) is 20.0. The molecule has 0 bridgehead atoms. The van der Waals surface area contributed by atoms with Gasteiger partial charge in [0.15, 0.2) is 0 Å². The third kappa shape index (κ3) is 12.6. The molecule has 5 amide bonds. The van der Waals surface area contributed by atoms with Gasteiger partial charge in [-0.25, -0.2) is 4.79 Å². The third-order valence-corrected chi connectivity index (χ3v) is 8.57. The van der Waals surface area contributed by atoms with Gasteiger partial charge in [-0.2, -0.15) is 0 Å². The van der Waals surface area contributed by atoms with Crippen LogP contribution in [0.1, 0.15) is 50.2 Å². The first-order chi connectivity index (χ1) is 24.3. The zero-order valence-corrected chi connectivity index (χ0v) is 28.6. The van der Waals surface area contributed by atoms with E-state index >= 15 is 0 Å². The molecule has 278 valence electrons. The van der Waals surface area contributed by atoms with E-state index in [9.17, 15) is 44.1 Å². The zero-order valence-electron chi connectivity index (χ0n) is 28.6. The van der Waals surface area contributed by atoms with Crippen molar-refractivity contribution in [2.24, 2.45) is 11.5 Å². The normalized spacial score (nSPS) is 16.9. The molecule has 2 aromatic rings. The van der Waals surface area contributed by atoms with Crippen molar-refractivity contribution in [2.75, 3.05) is 19.6 Å². The van der Waals surface area contributed by atoms with Crippen molar-refractivity contribution in [3.05, 3.63) is 65.7 Å². The number of hydrogen-bond donors (Lipinski definition) is 9. The van der Waals surface area contributed by atoms with E-state index in [0.717, 1.165) is 0 Å². The van der Waals surface area contributed by atoms with Crippen LogP contribution in [-0.2, 0) is 41.6 Å². The minimum atomic E-state index is -1.31. The van der Waals surface area contributed by atoms with Crippen LogP contribution in [0.2, 0.25) is 0 Å². The third-order valence-electron chi connectivity index (χ3n) is 8.57. The maximum Gasteiger partial charge on any atom is 0.326 e. The fourth-order valence-corrected chi connectivity index (χ4v) is 5.67. The second-order valence-electron chi connectivity index (χ2n) is 12.6. The highest BCUT2D eigenvalue weighted by atomic mass is 16.4. The Morgan fingerprint density at radius 1 is 0.863 bits per heavy atom. The Balaban J connectivity index is 1.65. The van der Waals surface area contributed by atoms with Crippen molar-refractivity contribution in [3.8, 4) is 5.75 Å². The standard InChI is InChI=1S/C35H49N7O9/c1-21(43)30(37)33(48)40-26(18-23-12-14-24(44)15-13-23)34(49)42-17-7-11-28(42)32(47)38-20-29(45)39-25(10-5-6-16-36)31(46)41-27(35(50)51)19-22-8-3-2-4-9-22/h2-4,8-9,12-15,21,25-28,30,43-44H,5-7,10-11,16-20,36-37H2,1H3,(H,38,47)(H,39,45)(H,40,48)(H,41,46)(H,50,51)/t21-,25+,26+,27+,28+,30+/m1/s1. The number of carboxylic acid groups (broad SMARTS) is 1. The van der Waals surface area contributed by atoms with Gasteiger partial charge < -0.3 is 53.0 Å². The summed E-state index contributed by atoms with van der Waals surface area (Å²) in [6, 6.07) is 9.02. The highest BCUT2D eigenvalue weighted by Gasteiger charge is 2.38. The van der Waals surface area contributed by atoms with Crippen LogP contribution >= 0.6 is 0 Å². The minimum Gasteiger partial charge on any atom is -0.508 e. The number of unbranched alkanes of at least 4 members (excludes halogenated alkanes) is 1. The van der Waals surface area contributed by atoms with Gasteiger partial charge in [0, 0.05) is 19.4 Å². The number of rotatable bonds is 19. The number of carboxylic acids is 1. The number of phenols is 1. The van der Waals surface area contributed by atoms with Crippen molar-refractivity contribution >= 4 is 35.5 Å². The Labute approximate surface area is 296 Å². The summed E-state index contributed by atoms with van der Waals surface area (Å²) in [4.78, 5) is 79.3. The lowest BCUT2D eigenvalue weighted by Crippen LogP contribution is -2.58. The van der Waals surface area contributed by atoms with Crippen molar-refractivity contribution in [3.63, 3.8) is 0 Å². The molecule has 1 saturated heterocycles. The molecule has 3 rings (SSSR count). The first-order valence-corrected chi connectivity index (χ1v) is 17.0.